The van der Waals surface area contributed by atoms with E-state index in [9.17, 15) is 14.7 Å². The van der Waals surface area contributed by atoms with E-state index in [1.165, 1.54) is 0 Å². The first-order chi connectivity index (χ1) is 10.4. The van der Waals surface area contributed by atoms with E-state index in [0.29, 0.717) is 6.54 Å². The first-order valence-corrected chi connectivity index (χ1v) is 7.09. The molecular weight excluding hydrogens is 286 g/mol. The lowest BCUT2D eigenvalue weighted by atomic mass is 9.87. The van der Waals surface area contributed by atoms with Crippen molar-refractivity contribution in [3.8, 4) is 0 Å². The zero-order valence-corrected chi connectivity index (χ0v) is 12.9. The maximum atomic E-state index is 11.7. The van der Waals surface area contributed by atoms with E-state index in [0.717, 1.165) is 5.56 Å². The van der Waals surface area contributed by atoms with Gasteiger partial charge in [0.25, 0.3) is 0 Å². The zero-order chi connectivity index (χ0) is 16.6. The second kappa shape index (κ2) is 8.45. The molecule has 0 aliphatic heterocycles. The van der Waals surface area contributed by atoms with E-state index in [-0.39, 0.29) is 25.5 Å². The van der Waals surface area contributed by atoms with Gasteiger partial charge in [-0.05, 0) is 17.7 Å². The Morgan fingerprint density at radius 2 is 1.91 bits per heavy atom. The largest absolute Gasteiger partial charge is 0.396 e. The molecule has 1 rings (SSSR count). The molecule has 1 atom stereocenters. The highest BCUT2D eigenvalue weighted by atomic mass is 16.3. The molecule has 1 heterocycles. The van der Waals surface area contributed by atoms with Gasteiger partial charge in [-0.2, -0.15) is 0 Å². The van der Waals surface area contributed by atoms with Crippen LogP contribution in [0.25, 0.3) is 0 Å². The minimum absolute atomic E-state index is 0.114. The summed E-state index contributed by atoms with van der Waals surface area (Å²) in [6, 6.07) is 3.60. The Bertz CT molecular complexity index is 491. The molecule has 1 aromatic heterocycles. The number of carbonyl (C=O) groups excluding carboxylic acids is 2. The number of aliphatic hydroxyl groups is 2. The van der Waals surface area contributed by atoms with E-state index >= 15 is 0 Å². The predicted molar refractivity (Wildman–Crippen MR) is 80.6 cm³/mol. The lowest BCUT2D eigenvalue weighted by molar-refractivity contribution is -0.137. The quantitative estimate of drug-likeness (QED) is 0.521. The Morgan fingerprint density at radius 3 is 2.50 bits per heavy atom. The molecule has 22 heavy (non-hydrogen) atoms. The molecule has 0 saturated carbocycles. The predicted octanol–water partition coefficient (Wildman–Crippen LogP) is -0.416. The summed E-state index contributed by atoms with van der Waals surface area (Å²) in [4.78, 5) is 27.2. The molecule has 0 aliphatic carbocycles. The highest BCUT2D eigenvalue weighted by Crippen LogP contribution is 2.19. The zero-order valence-electron chi connectivity index (χ0n) is 12.9. The standard InChI is InChI=1S/C15H23N3O4/c1-15(2,10-19)13(21)14(22)17-8-5-12(20)18-9-11-3-6-16-7-4-11/h3-4,6-7,13,19,21H,5,8-10H2,1-2H3,(H,17,22)(H,18,20)/t13-/m0/s1. The van der Waals surface area contributed by atoms with Crippen molar-refractivity contribution in [1.82, 2.24) is 15.6 Å². The fourth-order valence-corrected chi connectivity index (χ4v) is 1.63. The molecule has 0 saturated heterocycles. The second-order valence-electron chi connectivity index (χ2n) is 5.72. The highest BCUT2D eigenvalue weighted by molar-refractivity contribution is 5.82. The van der Waals surface area contributed by atoms with Crippen LogP contribution in [0, 0.1) is 5.41 Å². The number of rotatable bonds is 8. The molecule has 0 aliphatic rings. The number of aliphatic hydroxyl groups excluding tert-OH is 2. The SMILES string of the molecule is CC(C)(CO)[C@@H](O)C(=O)NCCC(=O)NCc1ccncc1. The normalized spacial score (nSPS) is 12.5. The first-order valence-electron chi connectivity index (χ1n) is 7.09. The summed E-state index contributed by atoms with van der Waals surface area (Å²) in [5, 5.41) is 24.1. The molecule has 0 spiro atoms. The van der Waals surface area contributed by atoms with Crippen LogP contribution in [0.4, 0.5) is 0 Å². The van der Waals surface area contributed by atoms with Crippen molar-refractivity contribution in [2.75, 3.05) is 13.2 Å². The Labute approximate surface area is 129 Å². The Hall–Kier alpha value is -1.99. The van der Waals surface area contributed by atoms with Gasteiger partial charge >= 0.3 is 0 Å². The summed E-state index contributed by atoms with van der Waals surface area (Å²) in [6.07, 6.45) is 2.08. The maximum absolute atomic E-state index is 11.7. The Kier molecular flexibility index (Phi) is 6.94. The number of hydrogen-bond donors (Lipinski definition) is 4. The van der Waals surface area contributed by atoms with E-state index in [4.69, 9.17) is 5.11 Å². The first kappa shape index (κ1) is 18.1. The van der Waals surface area contributed by atoms with Crippen LogP contribution in [0.3, 0.4) is 0 Å². The van der Waals surface area contributed by atoms with Crippen LogP contribution in [-0.2, 0) is 16.1 Å². The highest BCUT2D eigenvalue weighted by Gasteiger charge is 2.32. The van der Waals surface area contributed by atoms with E-state index in [1.54, 1.807) is 38.4 Å². The van der Waals surface area contributed by atoms with E-state index in [1.807, 2.05) is 0 Å². The molecule has 1 aromatic rings. The Morgan fingerprint density at radius 1 is 1.27 bits per heavy atom. The molecule has 7 nitrogen and oxygen atoms in total. The van der Waals surface area contributed by atoms with Crippen LogP contribution in [0.5, 0.6) is 0 Å². The fourth-order valence-electron chi connectivity index (χ4n) is 1.63. The summed E-state index contributed by atoms with van der Waals surface area (Å²) < 4.78 is 0. The maximum Gasteiger partial charge on any atom is 0.249 e. The summed E-state index contributed by atoms with van der Waals surface area (Å²) >= 11 is 0. The average molecular weight is 309 g/mol. The average Bonchev–Trinajstić information content (AvgIpc) is 2.53. The number of hydrogen-bond acceptors (Lipinski definition) is 5. The van der Waals surface area contributed by atoms with Crippen LogP contribution in [0.1, 0.15) is 25.8 Å². The number of amides is 2. The molecule has 7 heteroatoms. The third-order valence-electron chi connectivity index (χ3n) is 3.29. The molecule has 4 N–H and O–H groups in total. The van der Waals surface area contributed by atoms with Gasteiger partial charge in [0.2, 0.25) is 11.8 Å². The molecule has 0 radical (unpaired) electrons. The monoisotopic (exact) mass is 309 g/mol. The van der Waals surface area contributed by atoms with Crippen LogP contribution in [0.15, 0.2) is 24.5 Å². The van der Waals surface area contributed by atoms with Crippen molar-refractivity contribution in [3.63, 3.8) is 0 Å². The van der Waals surface area contributed by atoms with Gasteiger partial charge in [-0.1, -0.05) is 13.8 Å². The molecule has 0 bridgehead atoms. The topological polar surface area (TPSA) is 112 Å². The van der Waals surface area contributed by atoms with Gasteiger partial charge in [0, 0.05) is 37.3 Å². The molecular formula is C15H23N3O4. The molecule has 2 amide bonds. The second-order valence-corrected chi connectivity index (χ2v) is 5.72. The van der Waals surface area contributed by atoms with Crippen molar-refractivity contribution in [3.05, 3.63) is 30.1 Å². The van der Waals surface area contributed by atoms with Crippen molar-refractivity contribution < 1.29 is 19.8 Å². The third kappa shape index (κ3) is 5.79. The van der Waals surface area contributed by atoms with Crippen molar-refractivity contribution in [1.29, 1.82) is 0 Å². The van der Waals surface area contributed by atoms with E-state index in [2.05, 4.69) is 15.6 Å². The Balaban J connectivity index is 2.26. The minimum atomic E-state index is -1.32. The summed E-state index contributed by atoms with van der Waals surface area (Å²) in [5.74, 6) is -0.797. The van der Waals surface area contributed by atoms with Gasteiger partial charge in [-0.25, -0.2) is 0 Å². The summed E-state index contributed by atoms with van der Waals surface area (Å²) in [5.41, 5.74) is 0.0146. The van der Waals surface area contributed by atoms with Crippen molar-refractivity contribution in [2.45, 2.75) is 32.9 Å². The number of carbonyl (C=O) groups is 2. The van der Waals surface area contributed by atoms with Gasteiger partial charge in [-0.15, -0.1) is 0 Å². The smallest absolute Gasteiger partial charge is 0.249 e. The lowest BCUT2D eigenvalue weighted by Gasteiger charge is -2.27. The van der Waals surface area contributed by atoms with Crippen molar-refractivity contribution in [2.24, 2.45) is 5.41 Å². The van der Waals surface area contributed by atoms with Crippen LogP contribution in [-0.4, -0.2) is 46.3 Å². The molecule has 0 aromatic carbocycles. The van der Waals surface area contributed by atoms with Crippen LogP contribution in [0.2, 0.25) is 0 Å². The molecule has 0 unspecified atom stereocenters. The molecule has 0 fully saturated rings. The summed E-state index contributed by atoms with van der Waals surface area (Å²) in [7, 11) is 0. The van der Waals surface area contributed by atoms with Crippen LogP contribution < -0.4 is 10.6 Å². The van der Waals surface area contributed by atoms with Crippen molar-refractivity contribution >= 4 is 11.8 Å². The number of pyridine rings is 1. The van der Waals surface area contributed by atoms with Gasteiger partial charge < -0.3 is 20.8 Å². The van der Waals surface area contributed by atoms with Gasteiger partial charge in [0.15, 0.2) is 0 Å². The number of aromatic nitrogens is 1. The van der Waals surface area contributed by atoms with Gasteiger partial charge in [0.05, 0.1) is 6.61 Å². The number of nitrogens with zero attached hydrogens (tertiary/aromatic N) is 1. The number of nitrogens with one attached hydrogen (secondary N) is 2. The fraction of sp³-hybridized carbons (Fsp3) is 0.533. The van der Waals surface area contributed by atoms with Crippen LogP contribution >= 0.6 is 0 Å². The molecule has 122 valence electrons. The van der Waals surface area contributed by atoms with Gasteiger partial charge in [0.1, 0.15) is 6.10 Å². The summed E-state index contributed by atoms with van der Waals surface area (Å²) in [6.45, 7) is 3.38. The van der Waals surface area contributed by atoms with Gasteiger partial charge in [-0.3, -0.25) is 14.6 Å². The minimum Gasteiger partial charge on any atom is -0.396 e. The lowest BCUT2D eigenvalue weighted by Crippen LogP contribution is -2.46. The third-order valence-corrected chi connectivity index (χ3v) is 3.29. The van der Waals surface area contributed by atoms with E-state index < -0.39 is 17.4 Å².